The van der Waals surface area contributed by atoms with Crippen LogP contribution in [-0.4, -0.2) is 26.2 Å². The average Bonchev–Trinajstić information content (AvgIpc) is 2.35. The van der Waals surface area contributed by atoms with Gasteiger partial charge in [-0.25, -0.2) is 9.59 Å². The third-order valence-electron chi connectivity index (χ3n) is 2.10. The number of methoxy groups -OCH3 is 2. The number of rotatable bonds is 2. The van der Waals surface area contributed by atoms with Crippen LogP contribution in [0.2, 0.25) is 0 Å². The van der Waals surface area contributed by atoms with E-state index in [0.29, 0.717) is 12.1 Å². The van der Waals surface area contributed by atoms with Crippen molar-refractivity contribution in [2.45, 2.75) is 6.18 Å². The molecule has 0 spiro atoms. The maximum Gasteiger partial charge on any atom is 0.416 e. The molecule has 0 atom stereocenters. The SMILES string of the molecule is COC(=O)c1cc(C(=O)OC)cc(C(F)(F)F)c1. The van der Waals surface area contributed by atoms with Crippen LogP contribution < -0.4 is 0 Å². The Labute approximate surface area is 100 Å². The Hall–Kier alpha value is -2.05. The third-order valence-corrected chi connectivity index (χ3v) is 2.10. The van der Waals surface area contributed by atoms with Crippen molar-refractivity contribution in [3.8, 4) is 0 Å². The summed E-state index contributed by atoms with van der Waals surface area (Å²) in [5.41, 5.74) is -1.86. The molecule has 0 aliphatic carbocycles. The zero-order chi connectivity index (χ0) is 13.9. The third kappa shape index (κ3) is 2.99. The standard InChI is InChI=1S/C11H9F3O4/c1-17-9(15)6-3-7(10(16)18-2)5-8(4-6)11(12,13)14/h3-5H,1-2H3. The molecule has 0 unspecified atom stereocenters. The molecule has 0 aliphatic rings. The minimum atomic E-state index is -4.67. The van der Waals surface area contributed by atoms with Crippen LogP contribution in [0.15, 0.2) is 18.2 Å². The number of carbonyl (C=O) groups is 2. The molecule has 0 bridgehead atoms. The molecule has 98 valence electrons. The van der Waals surface area contributed by atoms with Gasteiger partial charge < -0.3 is 9.47 Å². The lowest BCUT2D eigenvalue weighted by atomic mass is 10.1. The van der Waals surface area contributed by atoms with Gasteiger partial charge in [0, 0.05) is 0 Å². The fraction of sp³-hybridized carbons (Fsp3) is 0.273. The highest BCUT2D eigenvalue weighted by molar-refractivity contribution is 5.95. The van der Waals surface area contributed by atoms with Crippen molar-refractivity contribution in [1.29, 1.82) is 0 Å². The van der Waals surface area contributed by atoms with Crippen molar-refractivity contribution < 1.29 is 32.2 Å². The zero-order valence-electron chi connectivity index (χ0n) is 9.50. The molecule has 0 N–H and O–H groups in total. The molecule has 4 nitrogen and oxygen atoms in total. The van der Waals surface area contributed by atoms with Crippen LogP contribution in [0, 0.1) is 0 Å². The van der Waals surface area contributed by atoms with Gasteiger partial charge in [0.05, 0.1) is 30.9 Å². The van der Waals surface area contributed by atoms with E-state index in [1.54, 1.807) is 0 Å². The lowest BCUT2D eigenvalue weighted by Gasteiger charge is -2.10. The van der Waals surface area contributed by atoms with Crippen LogP contribution in [0.3, 0.4) is 0 Å². The molecular formula is C11H9F3O4. The molecule has 1 aromatic rings. The maximum atomic E-state index is 12.6. The van der Waals surface area contributed by atoms with Crippen molar-refractivity contribution in [3.63, 3.8) is 0 Å². The molecule has 18 heavy (non-hydrogen) atoms. The van der Waals surface area contributed by atoms with E-state index in [1.807, 2.05) is 0 Å². The Morgan fingerprint density at radius 1 is 0.944 bits per heavy atom. The van der Waals surface area contributed by atoms with Gasteiger partial charge in [-0.3, -0.25) is 0 Å². The van der Waals surface area contributed by atoms with Crippen LogP contribution >= 0.6 is 0 Å². The molecule has 0 heterocycles. The van der Waals surface area contributed by atoms with Crippen molar-refractivity contribution in [2.24, 2.45) is 0 Å². The average molecular weight is 262 g/mol. The van der Waals surface area contributed by atoms with Gasteiger partial charge in [-0.15, -0.1) is 0 Å². The topological polar surface area (TPSA) is 52.6 Å². The number of ether oxygens (including phenoxy) is 2. The predicted octanol–water partition coefficient (Wildman–Crippen LogP) is 2.28. The van der Waals surface area contributed by atoms with E-state index >= 15 is 0 Å². The van der Waals surface area contributed by atoms with Gasteiger partial charge in [0.25, 0.3) is 0 Å². The van der Waals surface area contributed by atoms with Gasteiger partial charge in [-0.05, 0) is 18.2 Å². The first-order valence-corrected chi connectivity index (χ1v) is 4.68. The highest BCUT2D eigenvalue weighted by Crippen LogP contribution is 2.31. The normalized spacial score (nSPS) is 10.9. The minimum Gasteiger partial charge on any atom is -0.465 e. The summed E-state index contributed by atoms with van der Waals surface area (Å²) in [6.07, 6.45) is -4.67. The van der Waals surface area contributed by atoms with Crippen molar-refractivity contribution in [3.05, 3.63) is 34.9 Å². The van der Waals surface area contributed by atoms with Crippen molar-refractivity contribution in [1.82, 2.24) is 0 Å². The van der Waals surface area contributed by atoms with E-state index < -0.39 is 23.7 Å². The zero-order valence-corrected chi connectivity index (χ0v) is 9.50. The number of carbonyl (C=O) groups excluding carboxylic acids is 2. The summed E-state index contributed by atoms with van der Waals surface area (Å²) in [6.45, 7) is 0. The maximum absolute atomic E-state index is 12.6. The van der Waals surface area contributed by atoms with Gasteiger partial charge >= 0.3 is 18.1 Å². The molecule has 0 saturated heterocycles. The summed E-state index contributed by atoms with van der Waals surface area (Å²) in [5, 5.41) is 0. The summed E-state index contributed by atoms with van der Waals surface area (Å²) in [7, 11) is 2.06. The molecule has 0 aromatic heterocycles. The van der Waals surface area contributed by atoms with Crippen LogP contribution in [0.1, 0.15) is 26.3 Å². The second kappa shape index (κ2) is 5.07. The predicted molar refractivity (Wildman–Crippen MR) is 54.1 cm³/mol. The molecule has 7 heteroatoms. The lowest BCUT2D eigenvalue weighted by Crippen LogP contribution is -2.12. The number of halogens is 3. The second-order valence-electron chi connectivity index (χ2n) is 3.28. The molecule has 1 rings (SSSR count). The summed E-state index contributed by atoms with van der Waals surface area (Å²) in [5.74, 6) is -1.93. The fourth-order valence-electron chi connectivity index (χ4n) is 1.26. The molecule has 0 amide bonds. The Kier molecular flexibility index (Phi) is 3.95. The molecule has 0 fully saturated rings. The van der Waals surface area contributed by atoms with E-state index in [4.69, 9.17) is 0 Å². The fourth-order valence-corrected chi connectivity index (χ4v) is 1.26. The first kappa shape index (κ1) is 14.0. The number of hydrogen-bond acceptors (Lipinski definition) is 4. The summed E-state index contributed by atoms with van der Waals surface area (Å²) < 4.78 is 46.4. The van der Waals surface area contributed by atoms with Crippen molar-refractivity contribution >= 4 is 11.9 Å². The van der Waals surface area contributed by atoms with Crippen LogP contribution in [0.25, 0.3) is 0 Å². The van der Waals surface area contributed by atoms with E-state index in [1.165, 1.54) is 0 Å². The van der Waals surface area contributed by atoms with E-state index in [-0.39, 0.29) is 11.1 Å². The number of esters is 2. The Morgan fingerprint density at radius 3 is 1.61 bits per heavy atom. The minimum absolute atomic E-state index is 0.368. The van der Waals surface area contributed by atoms with E-state index in [9.17, 15) is 22.8 Å². The highest BCUT2D eigenvalue weighted by Gasteiger charge is 2.32. The monoisotopic (exact) mass is 262 g/mol. The quantitative estimate of drug-likeness (QED) is 0.767. The highest BCUT2D eigenvalue weighted by atomic mass is 19.4. The van der Waals surface area contributed by atoms with Gasteiger partial charge in [-0.2, -0.15) is 13.2 Å². The Bertz CT molecular complexity index is 445. The Morgan fingerprint density at radius 2 is 1.33 bits per heavy atom. The van der Waals surface area contributed by atoms with Gasteiger partial charge in [0.1, 0.15) is 0 Å². The number of benzene rings is 1. The summed E-state index contributed by atoms with van der Waals surface area (Å²) in [4.78, 5) is 22.4. The molecular weight excluding hydrogens is 253 g/mol. The first-order valence-electron chi connectivity index (χ1n) is 4.68. The molecule has 1 aromatic carbocycles. The largest absolute Gasteiger partial charge is 0.465 e. The lowest BCUT2D eigenvalue weighted by molar-refractivity contribution is -0.137. The second-order valence-corrected chi connectivity index (χ2v) is 3.28. The van der Waals surface area contributed by atoms with Gasteiger partial charge in [-0.1, -0.05) is 0 Å². The Balaban J connectivity index is 3.38. The summed E-state index contributed by atoms with van der Waals surface area (Å²) >= 11 is 0. The van der Waals surface area contributed by atoms with Gasteiger partial charge in [0.2, 0.25) is 0 Å². The first-order chi connectivity index (χ1) is 8.29. The molecule has 0 saturated carbocycles. The van der Waals surface area contributed by atoms with Crippen LogP contribution in [0.5, 0.6) is 0 Å². The van der Waals surface area contributed by atoms with Crippen LogP contribution in [-0.2, 0) is 15.7 Å². The smallest absolute Gasteiger partial charge is 0.416 e. The van der Waals surface area contributed by atoms with E-state index in [0.717, 1.165) is 20.3 Å². The van der Waals surface area contributed by atoms with Gasteiger partial charge in [0.15, 0.2) is 0 Å². The number of alkyl halides is 3. The van der Waals surface area contributed by atoms with E-state index in [2.05, 4.69) is 9.47 Å². The van der Waals surface area contributed by atoms with Crippen LogP contribution in [0.4, 0.5) is 13.2 Å². The summed E-state index contributed by atoms with van der Waals surface area (Å²) in [6, 6.07) is 2.20. The molecule has 0 aliphatic heterocycles. The molecule has 0 radical (unpaired) electrons. The van der Waals surface area contributed by atoms with Crippen molar-refractivity contribution in [2.75, 3.05) is 14.2 Å². The number of hydrogen-bond donors (Lipinski definition) is 0.